The number of carbonyl (C=O) groups excluding carboxylic acids is 1. The van der Waals surface area contributed by atoms with E-state index in [1.54, 1.807) is 11.9 Å². The van der Waals surface area contributed by atoms with Gasteiger partial charge in [-0.25, -0.2) is 0 Å². The monoisotopic (exact) mass is 371 g/mol. The zero-order chi connectivity index (χ0) is 18.4. The van der Waals surface area contributed by atoms with Crippen LogP contribution in [0.25, 0.3) is 0 Å². The summed E-state index contributed by atoms with van der Waals surface area (Å²) in [4.78, 5) is 18.9. The molecule has 0 bridgehead atoms. The summed E-state index contributed by atoms with van der Waals surface area (Å²) in [5.74, 6) is 1.76. The molecule has 0 radical (unpaired) electrons. The van der Waals surface area contributed by atoms with Crippen molar-refractivity contribution in [3.05, 3.63) is 63.9 Å². The fourth-order valence-corrected chi connectivity index (χ4v) is 3.09. The van der Waals surface area contributed by atoms with Gasteiger partial charge in [-0.1, -0.05) is 30.3 Å². The fourth-order valence-electron chi connectivity index (χ4n) is 2.37. The number of nitrogens with zero attached hydrogens (tertiary/aromatic N) is 3. The van der Waals surface area contributed by atoms with E-state index in [4.69, 9.17) is 9.26 Å². The molecule has 0 aliphatic carbocycles. The summed E-state index contributed by atoms with van der Waals surface area (Å²) in [5, 5.41) is 5.84. The zero-order valence-electron chi connectivity index (χ0n) is 14.8. The minimum atomic E-state index is 0.00239. The first-order valence-corrected chi connectivity index (χ1v) is 9.36. The molecule has 0 aliphatic heterocycles. The van der Waals surface area contributed by atoms with Crippen molar-refractivity contribution in [3.63, 3.8) is 0 Å². The van der Waals surface area contributed by atoms with Crippen LogP contribution in [-0.2, 0) is 19.4 Å². The third-order valence-corrected chi connectivity index (χ3v) is 4.81. The minimum Gasteiger partial charge on any atom is -0.484 e. The van der Waals surface area contributed by atoms with E-state index >= 15 is 0 Å². The predicted octanol–water partition coefficient (Wildman–Crippen LogP) is 3.59. The van der Waals surface area contributed by atoms with Crippen LogP contribution in [0, 0.1) is 0 Å². The molecule has 136 valence electrons. The lowest BCUT2D eigenvalue weighted by atomic mass is 10.2. The van der Waals surface area contributed by atoms with Gasteiger partial charge in [-0.05, 0) is 35.6 Å². The second kappa shape index (κ2) is 8.62. The molecule has 26 heavy (non-hydrogen) atoms. The summed E-state index contributed by atoms with van der Waals surface area (Å²) in [7, 11) is 1.77. The highest BCUT2D eigenvalue weighted by Crippen LogP contribution is 2.14. The van der Waals surface area contributed by atoms with Gasteiger partial charge < -0.3 is 14.2 Å². The average Bonchev–Trinajstić information content (AvgIpc) is 3.36. The smallest absolute Gasteiger partial charge is 0.264 e. The van der Waals surface area contributed by atoms with E-state index in [0.29, 0.717) is 24.7 Å². The van der Waals surface area contributed by atoms with Crippen molar-refractivity contribution >= 4 is 17.2 Å². The predicted molar refractivity (Wildman–Crippen MR) is 99.4 cm³/mol. The Balaban J connectivity index is 1.47. The molecule has 7 heteroatoms. The molecular formula is C19H21N3O3S. The van der Waals surface area contributed by atoms with Crippen LogP contribution < -0.4 is 4.74 Å². The summed E-state index contributed by atoms with van der Waals surface area (Å²) in [6.07, 6.45) is 1.53. The summed E-state index contributed by atoms with van der Waals surface area (Å²) >= 11 is 1.43. The van der Waals surface area contributed by atoms with Gasteiger partial charge in [0.15, 0.2) is 12.4 Å². The summed E-state index contributed by atoms with van der Waals surface area (Å²) in [5.41, 5.74) is 1.26. The second-order valence-electron chi connectivity index (χ2n) is 5.84. The molecule has 3 aromatic rings. The quantitative estimate of drug-likeness (QED) is 0.605. The Bertz CT molecular complexity index is 828. The summed E-state index contributed by atoms with van der Waals surface area (Å²) in [6.45, 7) is 2.86. The van der Waals surface area contributed by atoms with Crippen molar-refractivity contribution < 1.29 is 14.1 Å². The Morgan fingerprint density at radius 2 is 2.08 bits per heavy atom. The molecule has 6 nitrogen and oxygen atoms in total. The topological polar surface area (TPSA) is 68.5 Å². The molecule has 0 saturated carbocycles. The van der Waals surface area contributed by atoms with Gasteiger partial charge in [0.25, 0.3) is 11.8 Å². The molecule has 0 aliphatic rings. The van der Waals surface area contributed by atoms with E-state index in [9.17, 15) is 4.79 Å². The molecule has 2 aromatic heterocycles. The van der Waals surface area contributed by atoms with E-state index in [1.165, 1.54) is 16.9 Å². The SMILES string of the molecule is CCc1ccc(OCc2nc(CCN(C)C(=O)c3cccs3)no2)cc1. The van der Waals surface area contributed by atoms with Gasteiger partial charge >= 0.3 is 0 Å². The lowest BCUT2D eigenvalue weighted by Crippen LogP contribution is -2.28. The van der Waals surface area contributed by atoms with E-state index in [1.807, 2.05) is 41.8 Å². The molecule has 1 amide bonds. The van der Waals surface area contributed by atoms with Crippen molar-refractivity contribution in [1.29, 1.82) is 0 Å². The molecule has 0 spiro atoms. The largest absolute Gasteiger partial charge is 0.484 e. The van der Waals surface area contributed by atoms with Crippen molar-refractivity contribution in [1.82, 2.24) is 15.0 Å². The lowest BCUT2D eigenvalue weighted by molar-refractivity contribution is 0.0800. The van der Waals surface area contributed by atoms with Crippen molar-refractivity contribution in [2.45, 2.75) is 26.4 Å². The van der Waals surface area contributed by atoms with Crippen molar-refractivity contribution in [2.24, 2.45) is 0 Å². The molecule has 3 rings (SSSR count). The standard InChI is InChI=1S/C19H21N3O3S/c1-3-14-6-8-15(9-7-14)24-13-18-20-17(21-25-18)10-11-22(2)19(23)16-5-4-12-26-16/h4-9,12H,3,10-11,13H2,1-2H3. The van der Waals surface area contributed by atoms with Crippen LogP contribution in [0.15, 0.2) is 46.3 Å². The average molecular weight is 371 g/mol. The number of likely N-dealkylation sites (N-methyl/N-ethyl adjacent to an activating group) is 1. The highest BCUT2D eigenvalue weighted by atomic mass is 32.1. The van der Waals surface area contributed by atoms with Crippen LogP contribution >= 0.6 is 11.3 Å². The van der Waals surface area contributed by atoms with Gasteiger partial charge in [0.1, 0.15) is 5.75 Å². The van der Waals surface area contributed by atoms with Gasteiger partial charge in [0.2, 0.25) is 0 Å². The number of carbonyl (C=O) groups is 1. The summed E-state index contributed by atoms with van der Waals surface area (Å²) < 4.78 is 10.9. The Morgan fingerprint density at radius 3 is 2.77 bits per heavy atom. The number of hydrogen-bond acceptors (Lipinski definition) is 6. The summed E-state index contributed by atoms with van der Waals surface area (Å²) in [6, 6.07) is 11.6. The number of aromatic nitrogens is 2. The van der Waals surface area contributed by atoms with E-state index in [-0.39, 0.29) is 12.5 Å². The van der Waals surface area contributed by atoms with Crippen LogP contribution in [0.5, 0.6) is 5.75 Å². The first-order valence-electron chi connectivity index (χ1n) is 8.48. The van der Waals surface area contributed by atoms with Gasteiger partial charge in [0, 0.05) is 20.0 Å². The van der Waals surface area contributed by atoms with Gasteiger partial charge in [-0.2, -0.15) is 4.98 Å². The number of rotatable bonds is 8. The Kier molecular flexibility index (Phi) is 6.01. The Morgan fingerprint density at radius 1 is 1.27 bits per heavy atom. The number of thiophene rings is 1. The van der Waals surface area contributed by atoms with Gasteiger partial charge in [-0.15, -0.1) is 11.3 Å². The number of aryl methyl sites for hydroxylation is 1. The Labute approximate surface area is 156 Å². The third kappa shape index (κ3) is 4.70. The van der Waals surface area contributed by atoms with E-state index in [0.717, 1.165) is 17.0 Å². The fraction of sp³-hybridized carbons (Fsp3) is 0.316. The van der Waals surface area contributed by atoms with Crippen molar-refractivity contribution in [2.75, 3.05) is 13.6 Å². The number of ether oxygens (including phenoxy) is 1. The molecule has 0 saturated heterocycles. The van der Waals surface area contributed by atoms with Crippen LogP contribution in [0.3, 0.4) is 0 Å². The highest BCUT2D eigenvalue weighted by molar-refractivity contribution is 7.12. The maximum Gasteiger partial charge on any atom is 0.264 e. The normalized spacial score (nSPS) is 10.7. The minimum absolute atomic E-state index is 0.00239. The van der Waals surface area contributed by atoms with Gasteiger partial charge in [0.05, 0.1) is 4.88 Å². The van der Waals surface area contributed by atoms with Crippen LogP contribution in [-0.4, -0.2) is 34.5 Å². The maximum absolute atomic E-state index is 12.2. The van der Waals surface area contributed by atoms with E-state index < -0.39 is 0 Å². The first-order chi connectivity index (χ1) is 12.7. The number of amides is 1. The molecule has 1 aromatic carbocycles. The highest BCUT2D eigenvalue weighted by Gasteiger charge is 2.14. The molecule has 0 atom stereocenters. The van der Waals surface area contributed by atoms with Crippen LogP contribution in [0.1, 0.15) is 33.9 Å². The third-order valence-electron chi connectivity index (χ3n) is 3.95. The molecule has 0 unspecified atom stereocenters. The first kappa shape index (κ1) is 18.1. The number of hydrogen-bond donors (Lipinski definition) is 0. The van der Waals surface area contributed by atoms with Crippen LogP contribution in [0.2, 0.25) is 0 Å². The van der Waals surface area contributed by atoms with E-state index in [2.05, 4.69) is 17.1 Å². The molecular weight excluding hydrogens is 350 g/mol. The maximum atomic E-state index is 12.2. The van der Waals surface area contributed by atoms with Crippen LogP contribution in [0.4, 0.5) is 0 Å². The Hall–Kier alpha value is -2.67. The molecule has 0 fully saturated rings. The lowest BCUT2D eigenvalue weighted by Gasteiger charge is -2.14. The van der Waals surface area contributed by atoms with Crippen molar-refractivity contribution in [3.8, 4) is 5.75 Å². The molecule has 2 heterocycles. The zero-order valence-corrected chi connectivity index (χ0v) is 15.7. The van der Waals surface area contributed by atoms with Gasteiger partial charge in [-0.3, -0.25) is 4.79 Å². The number of benzene rings is 1. The second-order valence-corrected chi connectivity index (χ2v) is 6.79. The molecule has 0 N–H and O–H groups in total.